The van der Waals surface area contributed by atoms with Crippen molar-refractivity contribution in [3.05, 3.63) is 5.92 Å². The first-order valence-electron chi connectivity index (χ1n) is 4.04. The van der Waals surface area contributed by atoms with E-state index in [-0.39, 0.29) is 29.0 Å². The number of rotatable bonds is 0. The Labute approximate surface area is 90.1 Å². The maximum atomic E-state index is 11.7. The summed E-state index contributed by atoms with van der Waals surface area (Å²) in [4.78, 5) is 0. The largest absolute Gasteiger partial charge is 2.00 e. The fourth-order valence-electron chi connectivity index (χ4n) is 1.58. The van der Waals surface area contributed by atoms with Crippen LogP contribution in [0.25, 0.3) is 0 Å². The van der Waals surface area contributed by atoms with Crippen molar-refractivity contribution in [2.45, 2.75) is 38.7 Å². The molecule has 0 N–H and O–H groups in total. The van der Waals surface area contributed by atoms with E-state index in [1.54, 1.807) is 6.92 Å². The van der Waals surface area contributed by atoms with Gasteiger partial charge >= 0.3 is 23.1 Å². The Morgan fingerprint density at radius 3 is 2.67 bits per heavy atom. The number of nitrogens with zero attached hydrogens (tertiary/aromatic N) is 1. The van der Waals surface area contributed by atoms with E-state index in [9.17, 15) is 5.11 Å². The van der Waals surface area contributed by atoms with Gasteiger partial charge in [0.2, 0.25) is 0 Å². The van der Waals surface area contributed by atoms with E-state index >= 15 is 0 Å². The summed E-state index contributed by atoms with van der Waals surface area (Å²) in [6.45, 7) is 3.57. The van der Waals surface area contributed by atoms with E-state index in [2.05, 4.69) is 6.07 Å². The third-order valence-electron chi connectivity index (χ3n) is 2.70. The van der Waals surface area contributed by atoms with Crippen LogP contribution >= 0.6 is 0 Å². The van der Waals surface area contributed by atoms with Crippen LogP contribution in [0, 0.1) is 23.2 Å². The minimum absolute atomic E-state index is 0. The molecule has 2 unspecified atom stereocenters. The molecule has 2 atom stereocenters. The molecule has 0 aromatic carbocycles. The van der Waals surface area contributed by atoms with Crippen LogP contribution in [0.15, 0.2) is 0 Å². The molecule has 0 spiro atoms. The van der Waals surface area contributed by atoms with Gasteiger partial charge in [-0.3, -0.25) is 5.92 Å². The molecule has 3 heteroatoms. The summed E-state index contributed by atoms with van der Waals surface area (Å²) in [6, 6.07) is 2.13. The molecule has 2 nitrogen and oxygen atoms in total. The molecule has 0 heterocycles. The van der Waals surface area contributed by atoms with Gasteiger partial charge in [-0.25, -0.2) is 5.26 Å². The van der Waals surface area contributed by atoms with Crippen LogP contribution in [0.4, 0.5) is 0 Å². The van der Waals surface area contributed by atoms with E-state index in [1.165, 1.54) is 0 Å². The summed E-state index contributed by atoms with van der Waals surface area (Å²) in [5.41, 5.74) is -0.899. The standard InChI is InChI=1S/C9H13NO.Mg/c1-7-8(6-10)4-3-5-9(7,2)11;/h7H,3-5H2,1-2H3;/q-2;+2. The first-order valence-corrected chi connectivity index (χ1v) is 4.04. The van der Waals surface area contributed by atoms with Crippen LogP contribution in [-0.2, 0) is 0 Å². The molecule has 0 radical (unpaired) electrons. The van der Waals surface area contributed by atoms with Crippen LogP contribution in [0.2, 0.25) is 0 Å². The van der Waals surface area contributed by atoms with Crippen molar-refractivity contribution in [1.29, 1.82) is 5.26 Å². The Bertz CT molecular complexity index is 185. The first-order chi connectivity index (χ1) is 5.08. The molecular formula is C9H13MgNO. The van der Waals surface area contributed by atoms with Gasteiger partial charge in [0, 0.05) is 0 Å². The van der Waals surface area contributed by atoms with Gasteiger partial charge in [0.25, 0.3) is 0 Å². The van der Waals surface area contributed by atoms with E-state index < -0.39 is 5.60 Å². The third kappa shape index (κ3) is 2.29. The molecule has 0 aromatic rings. The van der Waals surface area contributed by atoms with E-state index in [0.717, 1.165) is 18.8 Å². The molecule has 12 heavy (non-hydrogen) atoms. The number of nitriles is 1. The van der Waals surface area contributed by atoms with Crippen molar-refractivity contribution < 1.29 is 5.11 Å². The van der Waals surface area contributed by atoms with Gasteiger partial charge in [-0.15, -0.1) is 11.7 Å². The minimum atomic E-state index is -0.899. The van der Waals surface area contributed by atoms with Crippen LogP contribution in [0.1, 0.15) is 33.1 Å². The maximum absolute atomic E-state index is 11.7. The van der Waals surface area contributed by atoms with Gasteiger partial charge < -0.3 is 5.11 Å². The predicted octanol–water partition coefficient (Wildman–Crippen LogP) is 0.643. The summed E-state index contributed by atoms with van der Waals surface area (Å²) >= 11 is 0. The normalized spacial score (nSPS) is 35.2. The van der Waals surface area contributed by atoms with Crippen LogP contribution in [-0.4, -0.2) is 28.7 Å². The number of hydrogen-bond acceptors (Lipinski definition) is 2. The average molecular weight is 176 g/mol. The van der Waals surface area contributed by atoms with E-state index in [0.29, 0.717) is 6.42 Å². The average Bonchev–Trinajstić information content (AvgIpc) is 1.95. The number of hydrogen-bond donors (Lipinski definition) is 0. The second kappa shape index (κ2) is 4.36. The molecule has 0 saturated heterocycles. The topological polar surface area (TPSA) is 46.8 Å². The molecule has 0 aliphatic heterocycles. The van der Waals surface area contributed by atoms with Crippen molar-refractivity contribution in [3.8, 4) is 6.07 Å². The van der Waals surface area contributed by atoms with Gasteiger partial charge in [-0.1, -0.05) is 26.7 Å². The van der Waals surface area contributed by atoms with Crippen molar-refractivity contribution >= 4 is 23.1 Å². The van der Waals surface area contributed by atoms with Crippen LogP contribution in [0.3, 0.4) is 0 Å². The molecule has 1 rings (SSSR count). The summed E-state index contributed by atoms with van der Waals surface area (Å²) in [5.74, 6) is 0.718. The Balaban J connectivity index is 0.00000121. The second-order valence-electron chi connectivity index (χ2n) is 3.52. The van der Waals surface area contributed by atoms with Gasteiger partial charge in [-0.05, 0) is 0 Å². The fourth-order valence-corrected chi connectivity index (χ4v) is 1.58. The quantitative estimate of drug-likeness (QED) is 0.401. The van der Waals surface area contributed by atoms with Gasteiger partial charge in [0.15, 0.2) is 0 Å². The van der Waals surface area contributed by atoms with E-state index in [1.807, 2.05) is 6.92 Å². The second-order valence-corrected chi connectivity index (χ2v) is 3.52. The smallest absolute Gasteiger partial charge is 0.851 e. The van der Waals surface area contributed by atoms with Gasteiger partial charge in [0.05, 0.1) is 0 Å². The molecule has 1 saturated carbocycles. The molecule has 1 aliphatic carbocycles. The summed E-state index contributed by atoms with van der Waals surface area (Å²) in [5, 5.41) is 20.3. The molecule has 62 valence electrons. The maximum Gasteiger partial charge on any atom is 2.00 e. The monoisotopic (exact) mass is 175 g/mol. The molecule has 0 aromatic heterocycles. The Morgan fingerprint density at radius 1 is 1.67 bits per heavy atom. The minimum Gasteiger partial charge on any atom is -0.851 e. The van der Waals surface area contributed by atoms with Gasteiger partial charge in [0.1, 0.15) is 0 Å². The molecule has 0 amide bonds. The Hall–Kier alpha value is 0.0862. The molecule has 1 fully saturated rings. The summed E-state index contributed by atoms with van der Waals surface area (Å²) in [7, 11) is 0. The zero-order chi connectivity index (χ0) is 8.48. The van der Waals surface area contributed by atoms with E-state index in [4.69, 9.17) is 5.26 Å². The fraction of sp³-hybridized carbons (Fsp3) is 0.778. The van der Waals surface area contributed by atoms with Gasteiger partial charge in [-0.2, -0.15) is 12.3 Å². The van der Waals surface area contributed by atoms with Crippen molar-refractivity contribution in [3.63, 3.8) is 0 Å². The molecule has 1 aliphatic rings. The van der Waals surface area contributed by atoms with Crippen LogP contribution in [0.5, 0.6) is 0 Å². The Kier molecular flexibility index (Phi) is 4.39. The first kappa shape index (κ1) is 12.1. The van der Waals surface area contributed by atoms with Crippen molar-refractivity contribution in [2.24, 2.45) is 5.92 Å². The third-order valence-corrected chi connectivity index (χ3v) is 2.70. The van der Waals surface area contributed by atoms with Crippen LogP contribution < -0.4 is 5.11 Å². The Morgan fingerprint density at radius 2 is 2.25 bits per heavy atom. The zero-order valence-electron chi connectivity index (χ0n) is 7.76. The van der Waals surface area contributed by atoms with Crippen molar-refractivity contribution in [1.82, 2.24) is 0 Å². The predicted molar refractivity (Wildman–Crippen MR) is 46.0 cm³/mol. The molecular weight excluding hydrogens is 162 g/mol. The summed E-state index contributed by atoms with van der Waals surface area (Å²) < 4.78 is 0. The van der Waals surface area contributed by atoms with Crippen molar-refractivity contribution in [2.75, 3.05) is 0 Å². The molecule has 0 bridgehead atoms. The zero-order valence-corrected chi connectivity index (χ0v) is 9.18. The SMILES string of the molecule is CC1[C-](C#N)CCCC1(C)[O-].[Mg+2]. The summed E-state index contributed by atoms with van der Waals surface area (Å²) in [6.07, 6.45) is 2.42.